The standard InChI is InChI=1S/C20H20N2O4/c1-13-9-18(25-3)14(11-17(13)24-2)10-16-20(23)22-19(21-16)12-26-15-7-5-4-6-8-15/h4-11H,12H2,1-3H3,(H,21,22,23)/b16-10+. The highest BCUT2D eigenvalue weighted by atomic mass is 16.5. The van der Waals surface area contributed by atoms with Gasteiger partial charge in [0.05, 0.1) is 14.2 Å². The van der Waals surface area contributed by atoms with E-state index in [1.165, 1.54) is 0 Å². The van der Waals surface area contributed by atoms with Gasteiger partial charge in [0.1, 0.15) is 35.4 Å². The number of amides is 1. The van der Waals surface area contributed by atoms with Crippen LogP contribution in [0.4, 0.5) is 0 Å². The lowest BCUT2D eigenvalue weighted by atomic mass is 10.1. The van der Waals surface area contributed by atoms with E-state index in [1.54, 1.807) is 20.3 Å². The van der Waals surface area contributed by atoms with E-state index in [0.29, 0.717) is 34.3 Å². The zero-order valence-electron chi connectivity index (χ0n) is 14.9. The second-order valence-electron chi connectivity index (χ2n) is 5.71. The van der Waals surface area contributed by atoms with Gasteiger partial charge in [-0.1, -0.05) is 18.2 Å². The molecule has 6 nitrogen and oxygen atoms in total. The molecule has 0 bridgehead atoms. The molecule has 2 aromatic carbocycles. The molecule has 0 atom stereocenters. The van der Waals surface area contributed by atoms with E-state index in [1.807, 2.05) is 49.4 Å². The summed E-state index contributed by atoms with van der Waals surface area (Å²) in [5.74, 6) is 2.26. The van der Waals surface area contributed by atoms with Crippen molar-refractivity contribution in [3.8, 4) is 17.2 Å². The lowest BCUT2D eigenvalue weighted by Crippen LogP contribution is -2.28. The average Bonchev–Trinajstić information content (AvgIpc) is 3.01. The van der Waals surface area contributed by atoms with E-state index in [0.717, 1.165) is 5.56 Å². The van der Waals surface area contributed by atoms with Crippen molar-refractivity contribution in [2.24, 2.45) is 4.99 Å². The number of para-hydroxylation sites is 1. The smallest absolute Gasteiger partial charge is 0.275 e. The highest BCUT2D eigenvalue weighted by molar-refractivity contribution is 6.14. The molecule has 3 rings (SSSR count). The summed E-state index contributed by atoms with van der Waals surface area (Å²) < 4.78 is 16.4. The van der Waals surface area contributed by atoms with Gasteiger partial charge >= 0.3 is 0 Å². The van der Waals surface area contributed by atoms with Crippen LogP contribution < -0.4 is 19.5 Å². The first-order valence-electron chi connectivity index (χ1n) is 8.12. The maximum atomic E-state index is 12.2. The summed E-state index contributed by atoms with van der Waals surface area (Å²) in [7, 11) is 3.19. The number of ether oxygens (including phenoxy) is 3. The molecule has 2 aromatic rings. The molecule has 0 saturated heterocycles. The molecule has 0 fully saturated rings. The molecule has 0 spiro atoms. The third-order valence-electron chi connectivity index (χ3n) is 3.90. The van der Waals surface area contributed by atoms with E-state index in [4.69, 9.17) is 14.2 Å². The van der Waals surface area contributed by atoms with Crippen LogP contribution in [0.1, 0.15) is 11.1 Å². The molecule has 1 amide bonds. The number of benzene rings is 2. The van der Waals surface area contributed by atoms with Gasteiger partial charge in [-0.05, 0) is 42.8 Å². The molecule has 0 aliphatic carbocycles. The van der Waals surface area contributed by atoms with Crippen molar-refractivity contribution in [1.29, 1.82) is 0 Å². The first kappa shape index (κ1) is 17.5. The van der Waals surface area contributed by atoms with Crippen LogP contribution in [-0.4, -0.2) is 32.6 Å². The van der Waals surface area contributed by atoms with Gasteiger partial charge in [-0.25, -0.2) is 4.99 Å². The minimum absolute atomic E-state index is 0.182. The Morgan fingerprint density at radius 2 is 1.81 bits per heavy atom. The second kappa shape index (κ2) is 7.74. The molecule has 0 saturated carbocycles. The number of carbonyl (C=O) groups is 1. The molecule has 0 radical (unpaired) electrons. The Morgan fingerprint density at radius 3 is 2.50 bits per heavy atom. The largest absolute Gasteiger partial charge is 0.496 e. The number of aryl methyl sites for hydroxylation is 1. The molecule has 1 aliphatic rings. The van der Waals surface area contributed by atoms with Crippen LogP contribution in [0.15, 0.2) is 53.2 Å². The quantitative estimate of drug-likeness (QED) is 0.812. The number of aliphatic imine (C=N–C) groups is 1. The van der Waals surface area contributed by atoms with Crippen molar-refractivity contribution in [2.75, 3.05) is 20.8 Å². The summed E-state index contributed by atoms with van der Waals surface area (Å²) >= 11 is 0. The minimum Gasteiger partial charge on any atom is -0.496 e. The second-order valence-corrected chi connectivity index (χ2v) is 5.71. The first-order chi connectivity index (χ1) is 12.6. The molecule has 1 N–H and O–H groups in total. The van der Waals surface area contributed by atoms with Crippen LogP contribution >= 0.6 is 0 Å². The fourth-order valence-electron chi connectivity index (χ4n) is 2.59. The molecule has 1 aliphatic heterocycles. The third-order valence-corrected chi connectivity index (χ3v) is 3.90. The number of rotatable bonds is 6. The fourth-order valence-corrected chi connectivity index (χ4v) is 2.59. The summed E-state index contributed by atoms with van der Waals surface area (Å²) in [6.45, 7) is 2.11. The van der Waals surface area contributed by atoms with Crippen LogP contribution in [0.2, 0.25) is 0 Å². The van der Waals surface area contributed by atoms with E-state index in [9.17, 15) is 4.79 Å². The highest BCUT2D eigenvalue weighted by Gasteiger charge is 2.21. The Hall–Kier alpha value is -3.28. The van der Waals surface area contributed by atoms with E-state index >= 15 is 0 Å². The lowest BCUT2D eigenvalue weighted by molar-refractivity contribution is -0.115. The molecular weight excluding hydrogens is 332 g/mol. The van der Waals surface area contributed by atoms with Gasteiger partial charge in [0.15, 0.2) is 0 Å². The summed E-state index contributed by atoms with van der Waals surface area (Å²) in [6, 6.07) is 13.0. The van der Waals surface area contributed by atoms with E-state index < -0.39 is 0 Å². The van der Waals surface area contributed by atoms with Gasteiger partial charge in [0, 0.05) is 5.56 Å². The van der Waals surface area contributed by atoms with Gasteiger partial charge < -0.3 is 19.5 Å². The number of amidine groups is 1. The van der Waals surface area contributed by atoms with Gasteiger partial charge in [-0.3, -0.25) is 4.79 Å². The van der Waals surface area contributed by atoms with Gasteiger partial charge in [0.2, 0.25) is 0 Å². The fraction of sp³-hybridized carbons (Fsp3) is 0.200. The zero-order chi connectivity index (χ0) is 18.5. The van der Waals surface area contributed by atoms with Crippen molar-refractivity contribution in [3.63, 3.8) is 0 Å². The number of nitrogens with one attached hydrogen (secondary N) is 1. The van der Waals surface area contributed by atoms with Gasteiger partial charge in [-0.2, -0.15) is 0 Å². The Bertz CT molecular complexity index is 873. The van der Waals surface area contributed by atoms with Crippen molar-refractivity contribution >= 4 is 17.8 Å². The maximum absolute atomic E-state index is 12.2. The third kappa shape index (κ3) is 3.85. The molecule has 26 heavy (non-hydrogen) atoms. The zero-order valence-corrected chi connectivity index (χ0v) is 14.9. The molecule has 0 unspecified atom stereocenters. The Morgan fingerprint density at radius 1 is 1.08 bits per heavy atom. The number of carbonyl (C=O) groups excluding carboxylic acids is 1. The summed E-state index contributed by atoms with van der Waals surface area (Å²) in [4.78, 5) is 16.5. The van der Waals surface area contributed by atoms with E-state index in [-0.39, 0.29) is 12.5 Å². The van der Waals surface area contributed by atoms with Gasteiger partial charge in [-0.15, -0.1) is 0 Å². The number of hydrogen-bond acceptors (Lipinski definition) is 5. The predicted molar refractivity (Wildman–Crippen MR) is 99.8 cm³/mol. The van der Waals surface area contributed by atoms with Crippen molar-refractivity contribution in [2.45, 2.75) is 6.92 Å². The molecule has 134 valence electrons. The van der Waals surface area contributed by atoms with Crippen LogP contribution in [0, 0.1) is 6.92 Å². The van der Waals surface area contributed by atoms with E-state index in [2.05, 4.69) is 10.3 Å². The molecular formula is C20H20N2O4. The molecule has 0 aromatic heterocycles. The highest BCUT2D eigenvalue weighted by Crippen LogP contribution is 2.30. The normalized spacial score (nSPS) is 14.8. The van der Waals surface area contributed by atoms with Gasteiger partial charge in [0.25, 0.3) is 5.91 Å². The summed E-state index contributed by atoms with van der Waals surface area (Å²) in [5.41, 5.74) is 1.96. The summed E-state index contributed by atoms with van der Waals surface area (Å²) in [5, 5.41) is 2.72. The SMILES string of the molecule is COc1cc(/C=C2/N=C(COc3ccccc3)NC2=O)c(OC)cc1C. The first-order valence-corrected chi connectivity index (χ1v) is 8.12. The predicted octanol–water partition coefficient (Wildman–Crippen LogP) is 2.96. The number of nitrogens with zero attached hydrogens (tertiary/aromatic N) is 1. The lowest BCUT2D eigenvalue weighted by Gasteiger charge is -2.10. The summed E-state index contributed by atoms with van der Waals surface area (Å²) in [6.07, 6.45) is 1.67. The van der Waals surface area contributed by atoms with Crippen molar-refractivity contribution < 1.29 is 19.0 Å². The Kier molecular flexibility index (Phi) is 5.22. The Labute approximate surface area is 152 Å². The monoisotopic (exact) mass is 352 g/mol. The topological polar surface area (TPSA) is 69.2 Å². The van der Waals surface area contributed by atoms with Crippen LogP contribution in [0.25, 0.3) is 6.08 Å². The minimum atomic E-state index is -0.279. The van der Waals surface area contributed by atoms with Crippen molar-refractivity contribution in [3.05, 3.63) is 59.3 Å². The molecule has 6 heteroatoms. The molecule has 1 heterocycles. The Balaban J connectivity index is 1.82. The van der Waals surface area contributed by atoms with Crippen LogP contribution in [0.5, 0.6) is 17.2 Å². The maximum Gasteiger partial charge on any atom is 0.275 e. The van der Waals surface area contributed by atoms with Crippen molar-refractivity contribution in [1.82, 2.24) is 5.32 Å². The number of hydrogen-bond donors (Lipinski definition) is 1. The average molecular weight is 352 g/mol. The van der Waals surface area contributed by atoms with Crippen LogP contribution in [-0.2, 0) is 4.79 Å². The number of methoxy groups -OCH3 is 2. The van der Waals surface area contributed by atoms with Crippen LogP contribution in [0.3, 0.4) is 0 Å².